The van der Waals surface area contributed by atoms with Gasteiger partial charge >= 0.3 is 0 Å². The van der Waals surface area contributed by atoms with E-state index < -0.39 is 30.5 Å². The monoisotopic (exact) mass is 554 g/mol. The number of benzene rings is 1. The number of rotatable bonds is 16. The van der Waals surface area contributed by atoms with E-state index in [0.29, 0.717) is 17.1 Å². The topological polar surface area (TPSA) is 102 Å². The molecule has 0 aromatic heterocycles. The van der Waals surface area contributed by atoms with E-state index in [1.165, 1.54) is 21.3 Å². The van der Waals surface area contributed by atoms with Crippen LogP contribution in [0.5, 0.6) is 11.5 Å². The highest BCUT2D eigenvalue weighted by atomic mass is 79.9. The van der Waals surface area contributed by atoms with E-state index in [4.69, 9.17) is 52.1 Å². The number of halogens is 1. The Kier molecular flexibility index (Phi) is 13.6. The molecule has 1 saturated heterocycles. The second-order valence-electron chi connectivity index (χ2n) is 7.21. The lowest BCUT2D eigenvalue weighted by molar-refractivity contribution is -0.299. The highest BCUT2D eigenvalue weighted by Crippen LogP contribution is 2.43. The Balaban J connectivity index is 2.53. The number of hydrogen-bond donors (Lipinski definition) is 0. The Bertz CT molecular complexity index is 708. The van der Waals surface area contributed by atoms with Gasteiger partial charge in [0.15, 0.2) is 0 Å². The maximum absolute atomic E-state index is 6.52. The van der Waals surface area contributed by atoms with Crippen LogP contribution in [0.3, 0.4) is 0 Å². The predicted octanol–water partition coefficient (Wildman–Crippen LogP) is 2.49. The summed E-state index contributed by atoms with van der Waals surface area (Å²) in [6, 6.07) is 3.63. The molecule has 196 valence electrons. The Morgan fingerprint density at radius 1 is 0.706 bits per heavy atom. The second kappa shape index (κ2) is 15.8. The van der Waals surface area contributed by atoms with Crippen molar-refractivity contribution in [1.29, 1.82) is 0 Å². The van der Waals surface area contributed by atoms with Crippen molar-refractivity contribution in [3.05, 3.63) is 22.2 Å². The average Bonchev–Trinajstić information content (AvgIpc) is 2.85. The Hall–Kier alpha value is -1.06. The molecule has 0 N–H and O–H groups in total. The molecular weight excluding hydrogens is 520 g/mol. The van der Waals surface area contributed by atoms with Crippen molar-refractivity contribution < 1.29 is 52.1 Å². The summed E-state index contributed by atoms with van der Waals surface area (Å²) >= 11 is 3.54. The van der Waals surface area contributed by atoms with Gasteiger partial charge in [-0.25, -0.2) is 0 Å². The first kappa shape index (κ1) is 29.2. The van der Waals surface area contributed by atoms with Crippen molar-refractivity contribution in [3.8, 4) is 11.5 Å². The van der Waals surface area contributed by atoms with Crippen molar-refractivity contribution in [2.75, 3.05) is 76.4 Å². The van der Waals surface area contributed by atoms with Gasteiger partial charge in [-0.3, -0.25) is 0 Å². The van der Waals surface area contributed by atoms with Crippen LogP contribution < -0.4 is 9.47 Å². The maximum atomic E-state index is 6.52. The lowest BCUT2D eigenvalue weighted by atomic mass is 9.90. The lowest BCUT2D eigenvalue weighted by Crippen LogP contribution is -2.59. The van der Waals surface area contributed by atoms with E-state index in [1.54, 1.807) is 27.4 Å². The highest BCUT2D eigenvalue weighted by Gasteiger charge is 2.50. The van der Waals surface area contributed by atoms with Gasteiger partial charge < -0.3 is 52.1 Å². The minimum atomic E-state index is -0.662. The standard InChI is InChI=1S/C22H35BrO11/c1-24-10-30-9-18-20(31-11-25-2)22(33-13-27-4)21(32-12-26-3)19(34-18)14-7-15(23)17(29-6)8-16(14)28-5/h7-8,18-22H,9-13H2,1-6H3/t18-,19+,20-,21+,22+/m1/s1. The molecule has 12 heteroatoms. The number of methoxy groups -OCH3 is 6. The van der Waals surface area contributed by atoms with E-state index in [0.717, 1.165) is 4.47 Å². The average molecular weight is 555 g/mol. The minimum Gasteiger partial charge on any atom is -0.496 e. The fourth-order valence-corrected chi connectivity index (χ4v) is 4.19. The van der Waals surface area contributed by atoms with Crippen molar-refractivity contribution in [1.82, 2.24) is 0 Å². The maximum Gasteiger partial charge on any atom is 0.146 e. The van der Waals surface area contributed by atoms with Crippen LogP contribution in [-0.4, -0.2) is 101 Å². The van der Waals surface area contributed by atoms with Gasteiger partial charge in [0, 0.05) is 40.1 Å². The van der Waals surface area contributed by atoms with E-state index in [2.05, 4.69) is 15.9 Å². The highest BCUT2D eigenvalue weighted by molar-refractivity contribution is 9.10. The van der Waals surface area contributed by atoms with Gasteiger partial charge in [0.1, 0.15) is 69.2 Å². The van der Waals surface area contributed by atoms with Crippen LogP contribution in [0.1, 0.15) is 11.7 Å². The SMILES string of the molecule is COCOC[C@H]1O[C@@H](c2cc(Br)c(OC)cc2OC)[C@H](OCOC)[C@@H](OCOC)[C@@H]1OCOC. The summed E-state index contributed by atoms with van der Waals surface area (Å²) < 4.78 is 62.6. The van der Waals surface area contributed by atoms with E-state index in [1.807, 2.05) is 6.07 Å². The zero-order valence-electron chi connectivity index (χ0n) is 20.4. The molecule has 0 unspecified atom stereocenters. The van der Waals surface area contributed by atoms with Gasteiger partial charge in [0.2, 0.25) is 0 Å². The zero-order valence-corrected chi connectivity index (χ0v) is 22.0. The Morgan fingerprint density at radius 3 is 1.82 bits per heavy atom. The predicted molar refractivity (Wildman–Crippen MR) is 123 cm³/mol. The van der Waals surface area contributed by atoms with Gasteiger partial charge in [-0.05, 0) is 22.0 Å². The molecule has 1 aliphatic rings. The molecule has 0 spiro atoms. The van der Waals surface area contributed by atoms with E-state index in [-0.39, 0.29) is 33.8 Å². The van der Waals surface area contributed by atoms with Gasteiger partial charge in [0.25, 0.3) is 0 Å². The second-order valence-corrected chi connectivity index (χ2v) is 8.07. The van der Waals surface area contributed by atoms with Crippen LogP contribution in [0.15, 0.2) is 16.6 Å². The minimum absolute atomic E-state index is 0.00114. The van der Waals surface area contributed by atoms with Crippen molar-refractivity contribution in [2.45, 2.75) is 30.5 Å². The van der Waals surface area contributed by atoms with Gasteiger partial charge in [-0.1, -0.05) is 0 Å². The molecular formula is C22H35BrO11. The molecule has 1 aliphatic heterocycles. The molecule has 1 aromatic rings. The van der Waals surface area contributed by atoms with E-state index >= 15 is 0 Å². The fourth-order valence-electron chi connectivity index (χ4n) is 3.67. The number of hydrogen-bond acceptors (Lipinski definition) is 11. The summed E-state index contributed by atoms with van der Waals surface area (Å²) in [5.41, 5.74) is 0.712. The van der Waals surface area contributed by atoms with Crippen LogP contribution in [-0.2, 0) is 42.6 Å². The molecule has 11 nitrogen and oxygen atoms in total. The molecule has 0 radical (unpaired) electrons. The molecule has 1 heterocycles. The third-order valence-electron chi connectivity index (χ3n) is 5.06. The largest absolute Gasteiger partial charge is 0.496 e. The van der Waals surface area contributed by atoms with Gasteiger partial charge in [-0.15, -0.1) is 0 Å². The van der Waals surface area contributed by atoms with Crippen molar-refractivity contribution >= 4 is 15.9 Å². The molecule has 0 amide bonds. The quantitative estimate of drug-likeness (QED) is 0.222. The molecule has 0 bridgehead atoms. The summed E-state index contributed by atoms with van der Waals surface area (Å²) in [7, 11) is 9.30. The summed E-state index contributed by atoms with van der Waals surface area (Å²) in [4.78, 5) is 0. The summed E-state index contributed by atoms with van der Waals surface area (Å²) in [6.45, 7) is 0.278. The van der Waals surface area contributed by atoms with Crippen molar-refractivity contribution in [2.24, 2.45) is 0 Å². The molecule has 1 aromatic carbocycles. The van der Waals surface area contributed by atoms with Crippen molar-refractivity contribution in [3.63, 3.8) is 0 Å². The summed E-state index contributed by atoms with van der Waals surface area (Å²) in [6.07, 6.45) is -3.12. The van der Waals surface area contributed by atoms with Crippen LogP contribution in [0, 0.1) is 0 Å². The third kappa shape index (κ3) is 7.72. The van der Waals surface area contributed by atoms with Crippen LogP contribution in [0.25, 0.3) is 0 Å². The smallest absolute Gasteiger partial charge is 0.146 e. The van der Waals surface area contributed by atoms with Crippen LogP contribution in [0.2, 0.25) is 0 Å². The lowest BCUT2D eigenvalue weighted by Gasteiger charge is -2.46. The van der Waals surface area contributed by atoms with Crippen LogP contribution >= 0.6 is 15.9 Å². The Morgan fingerprint density at radius 2 is 1.26 bits per heavy atom. The summed E-state index contributed by atoms with van der Waals surface area (Å²) in [5, 5.41) is 0. The molecule has 0 saturated carbocycles. The Labute approximate surface area is 208 Å². The first-order valence-corrected chi connectivity index (χ1v) is 11.3. The summed E-state index contributed by atoms with van der Waals surface area (Å²) in [5.74, 6) is 1.16. The molecule has 34 heavy (non-hydrogen) atoms. The molecule has 2 rings (SSSR count). The zero-order chi connectivity index (χ0) is 24.9. The van der Waals surface area contributed by atoms with Crippen LogP contribution in [0.4, 0.5) is 0 Å². The molecule has 0 aliphatic carbocycles. The first-order chi connectivity index (χ1) is 16.6. The normalized spacial score (nSPS) is 24.9. The van der Waals surface area contributed by atoms with Gasteiger partial charge in [0.05, 0.1) is 25.3 Å². The van der Waals surface area contributed by atoms with E-state index in [9.17, 15) is 0 Å². The molecule has 1 fully saturated rings. The fraction of sp³-hybridized carbons (Fsp3) is 0.727. The van der Waals surface area contributed by atoms with Gasteiger partial charge in [-0.2, -0.15) is 0 Å². The third-order valence-corrected chi connectivity index (χ3v) is 5.68. The first-order valence-electron chi connectivity index (χ1n) is 10.5. The molecule has 5 atom stereocenters. The number of ether oxygens (including phenoxy) is 11.